The molecule has 2 rings (SSSR count). The quantitative estimate of drug-likeness (QED) is 0.626. The van der Waals surface area contributed by atoms with Crippen LogP contribution in [0.25, 0.3) is 10.8 Å². The maximum absolute atomic E-state index is 2.40. The van der Waals surface area contributed by atoms with Crippen molar-refractivity contribution in [3.8, 4) is 0 Å². The van der Waals surface area contributed by atoms with Crippen molar-refractivity contribution in [1.82, 2.24) is 0 Å². The van der Waals surface area contributed by atoms with E-state index in [1.807, 2.05) is 0 Å². The van der Waals surface area contributed by atoms with E-state index in [1.54, 1.807) is 5.30 Å². The van der Waals surface area contributed by atoms with Crippen LogP contribution in [-0.2, 0) is 0 Å². The van der Waals surface area contributed by atoms with Crippen molar-refractivity contribution < 1.29 is 0 Å². The van der Waals surface area contributed by atoms with Crippen molar-refractivity contribution in [2.75, 3.05) is 20.0 Å². The molecule has 0 unspecified atom stereocenters. The second-order valence-corrected chi connectivity index (χ2v) is 9.82. The van der Waals surface area contributed by atoms with Gasteiger partial charge in [0.2, 0.25) is 0 Å². The topological polar surface area (TPSA) is 0 Å². The zero-order valence-electron chi connectivity index (χ0n) is 9.04. The maximum atomic E-state index is 2.40. The zero-order chi connectivity index (χ0) is 10.2. The first-order chi connectivity index (χ1) is 6.59. The fourth-order valence-corrected chi connectivity index (χ4v) is 3.51. The van der Waals surface area contributed by atoms with Gasteiger partial charge in [-0.2, -0.15) is 0 Å². The van der Waals surface area contributed by atoms with E-state index in [2.05, 4.69) is 62.5 Å². The van der Waals surface area contributed by atoms with E-state index in [1.165, 1.54) is 10.8 Å². The van der Waals surface area contributed by atoms with Gasteiger partial charge in [-0.1, -0.05) is 0 Å². The van der Waals surface area contributed by atoms with Crippen molar-refractivity contribution >= 4 is 23.3 Å². The van der Waals surface area contributed by atoms with E-state index in [0.717, 1.165) is 0 Å². The predicted molar refractivity (Wildman–Crippen MR) is 69.7 cm³/mol. The van der Waals surface area contributed by atoms with Gasteiger partial charge in [0.05, 0.1) is 0 Å². The Balaban J connectivity index is 2.78. The Morgan fingerprint density at radius 2 is 1.43 bits per heavy atom. The molecule has 1 heteroatoms. The van der Waals surface area contributed by atoms with Crippen LogP contribution >= 0.6 is 7.26 Å². The molecule has 2 aromatic carbocycles. The Hall–Kier alpha value is -0.870. The molecule has 0 nitrogen and oxygen atoms in total. The van der Waals surface area contributed by atoms with E-state index < -0.39 is 7.26 Å². The molecule has 0 N–H and O–H groups in total. The molecule has 0 amide bonds. The Kier molecular flexibility index (Phi) is 2.33. The molecule has 0 aromatic heterocycles. The van der Waals surface area contributed by atoms with Crippen LogP contribution in [0.1, 0.15) is 0 Å². The molecule has 0 aliphatic rings. The van der Waals surface area contributed by atoms with Crippen molar-refractivity contribution in [2.24, 2.45) is 0 Å². The van der Waals surface area contributed by atoms with Crippen LogP contribution in [0, 0.1) is 0 Å². The first-order valence-corrected chi connectivity index (χ1v) is 8.57. The van der Waals surface area contributed by atoms with Crippen LogP contribution in [0.4, 0.5) is 0 Å². The molecule has 0 aliphatic carbocycles. The van der Waals surface area contributed by atoms with Gasteiger partial charge >= 0.3 is 85.8 Å². The average Bonchev–Trinajstić information content (AvgIpc) is 2.15. The van der Waals surface area contributed by atoms with Crippen molar-refractivity contribution in [1.29, 1.82) is 0 Å². The molecule has 0 spiro atoms. The third-order valence-corrected chi connectivity index (χ3v) is 4.65. The third kappa shape index (κ3) is 1.67. The molecule has 0 fully saturated rings. The summed E-state index contributed by atoms with van der Waals surface area (Å²) in [5.41, 5.74) is 0. The van der Waals surface area contributed by atoms with Crippen molar-refractivity contribution in [3.05, 3.63) is 42.5 Å². The van der Waals surface area contributed by atoms with Crippen LogP contribution in [0.3, 0.4) is 0 Å². The number of rotatable bonds is 1. The standard InChI is InChI=1S/C13H17P/c1-14(2,3)13-10-6-8-11-7-4-5-9-12(11)13/h4-10,14H,1-3H3. The van der Waals surface area contributed by atoms with Gasteiger partial charge in [0.1, 0.15) is 0 Å². The monoisotopic (exact) mass is 204 g/mol. The minimum atomic E-state index is -1.20. The Labute approximate surface area is 86.3 Å². The first-order valence-electron chi connectivity index (χ1n) is 5.07. The summed E-state index contributed by atoms with van der Waals surface area (Å²) in [6.45, 7) is 7.19. The molecule has 0 radical (unpaired) electrons. The van der Waals surface area contributed by atoms with E-state index in [4.69, 9.17) is 0 Å². The molecule has 0 aliphatic heterocycles. The summed E-state index contributed by atoms with van der Waals surface area (Å²) < 4.78 is 0. The molecule has 0 saturated heterocycles. The van der Waals surface area contributed by atoms with Crippen LogP contribution in [0.5, 0.6) is 0 Å². The fourth-order valence-electron chi connectivity index (χ4n) is 1.88. The Bertz CT molecular complexity index is 447. The number of hydrogen-bond acceptors (Lipinski definition) is 0. The second-order valence-electron chi connectivity index (χ2n) is 4.78. The van der Waals surface area contributed by atoms with Gasteiger partial charge in [-0.05, 0) is 0 Å². The molecule has 0 saturated carbocycles. The summed E-state index contributed by atoms with van der Waals surface area (Å²) in [6, 6.07) is 15.3. The predicted octanol–water partition coefficient (Wildman–Crippen LogP) is 3.10. The molecule has 0 bridgehead atoms. The fraction of sp³-hybridized carbons (Fsp3) is 0.231. The molecule has 74 valence electrons. The SMILES string of the molecule is C[PH](C)(C)c1cccc2ccccc12. The molecular weight excluding hydrogens is 187 g/mol. The Morgan fingerprint density at radius 1 is 0.786 bits per heavy atom. The Morgan fingerprint density at radius 3 is 2.14 bits per heavy atom. The average molecular weight is 204 g/mol. The molecule has 2 aromatic rings. The van der Waals surface area contributed by atoms with Gasteiger partial charge in [-0.15, -0.1) is 0 Å². The number of fused-ring (bicyclic) bond motifs is 1. The number of benzene rings is 2. The van der Waals surface area contributed by atoms with Gasteiger partial charge in [-0.3, -0.25) is 0 Å². The van der Waals surface area contributed by atoms with Crippen molar-refractivity contribution in [3.63, 3.8) is 0 Å². The molecule has 14 heavy (non-hydrogen) atoms. The number of hydrogen-bond donors (Lipinski definition) is 0. The molecule has 0 atom stereocenters. The summed E-state index contributed by atoms with van der Waals surface area (Å²) in [5.74, 6) is 0. The summed E-state index contributed by atoms with van der Waals surface area (Å²) in [5, 5.41) is 4.37. The van der Waals surface area contributed by atoms with E-state index in [-0.39, 0.29) is 0 Å². The van der Waals surface area contributed by atoms with E-state index in [9.17, 15) is 0 Å². The second kappa shape index (κ2) is 3.37. The van der Waals surface area contributed by atoms with Gasteiger partial charge < -0.3 is 0 Å². The first kappa shape index (κ1) is 9.68. The summed E-state index contributed by atoms with van der Waals surface area (Å²) in [6.07, 6.45) is 0. The van der Waals surface area contributed by atoms with Crippen LogP contribution in [0.2, 0.25) is 0 Å². The van der Waals surface area contributed by atoms with Crippen LogP contribution in [0.15, 0.2) is 42.5 Å². The van der Waals surface area contributed by atoms with Crippen LogP contribution in [-0.4, -0.2) is 20.0 Å². The molecule has 0 heterocycles. The normalized spacial score (nSPS) is 13.1. The van der Waals surface area contributed by atoms with Crippen LogP contribution < -0.4 is 5.30 Å². The van der Waals surface area contributed by atoms with Crippen molar-refractivity contribution in [2.45, 2.75) is 0 Å². The minimum absolute atomic E-state index is 1.20. The third-order valence-electron chi connectivity index (χ3n) is 2.60. The van der Waals surface area contributed by atoms with E-state index in [0.29, 0.717) is 0 Å². The summed E-state index contributed by atoms with van der Waals surface area (Å²) >= 11 is 0. The molecular formula is C13H17P. The van der Waals surface area contributed by atoms with Gasteiger partial charge in [-0.25, -0.2) is 0 Å². The van der Waals surface area contributed by atoms with E-state index >= 15 is 0 Å². The van der Waals surface area contributed by atoms with Gasteiger partial charge in [0, 0.05) is 0 Å². The summed E-state index contributed by atoms with van der Waals surface area (Å²) in [7, 11) is -1.20. The van der Waals surface area contributed by atoms with Gasteiger partial charge in [0.15, 0.2) is 0 Å². The zero-order valence-corrected chi connectivity index (χ0v) is 10.0. The summed E-state index contributed by atoms with van der Waals surface area (Å²) in [4.78, 5) is 0. The van der Waals surface area contributed by atoms with Gasteiger partial charge in [0.25, 0.3) is 0 Å².